The molecule has 1 N–H and O–H groups in total. The standard InChI is InChI=1S/C15H11BrF2N2O6S/c16-12-5-10(17)6-13(18)15(12)27(24,25)19-7-14(21)26-8-9-1-3-11(4-2-9)20(22)23/h1-6,19H,7-8H2. The third kappa shape index (κ3) is 5.52. The minimum atomic E-state index is -4.45. The van der Waals surface area contributed by atoms with Crippen LogP contribution in [0, 0.1) is 21.7 Å². The molecule has 0 aromatic heterocycles. The van der Waals surface area contributed by atoms with Gasteiger partial charge in [-0.05, 0) is 39.7 Å². The van der Waals surface area contributed by atoms with E-state index in [1.807, 2.05) is 4.72 Å². The first-order chi connectivity index (χ1) is 12.6. The van der Waals surface area contributed by atoms with Crippen molar-refractivity contribution in [2.45, 2.75) is 11.5 Å². The number of carbonyl (C=O) groups is 1. The molecule has 0 aliphatic carbocycles. The number of non-ortho nitro benzene ring substituents is 1. The molecule has 0 saturated heterocycles. The second-order valence-corrected chi connectivity index (χ2v) is 7.67. The maximum atomic E-state index is 13.7. The lowest BCUT2D eigenvalue weighted by atomic mass is 10.2. The largest absolute Gasteiger partial charge is 0.460 e. The zero-order valence-electron chi connectivity index (χ0n) is 13.3. The fourth-order valence-electron chi connectivity index (χ4n) is 1.94. The fraction of sp³-hybridized carbons (Fsp3) is 0.133. The van der Waals surface area contributed by atoms with Gasteiger partial charge in [0.1, 0.15) is 29.7 Å². The lowest BCUT2D eigenvalue weighted by Gasteiger charge is -2.10. The molecule has 0 radical (unpaired) electrons. The van der Waals surface area contributed by atoms with E-state index in [1.165, 1.54) is 24.3 Å². The van der Waals surface area contributed by atoms with E-state index >= 15 is 0 Å². The van der Waals surface area contributed by atoms with Gasteiger partial charge >= 0.3 is 5.97 Å². The summed E-state index contributed by atoms with van der Waals surface area (Å²) in [5.41, 5.74) is 0.314. The Hall–Kier alpha value is -2.44. The van der Waals surface area contributed by atoms with Crippen LogP contribution in [-0.2, 0) is 26.2 Å². The summed E-state index contributed by atoms with van der Waals surface area (Å²) in [7, 11) is -4.45. The number of rotatable bonds is 7. The lowest BCUT2D eigenvalue weighted by Crippen LogP contribution is -2.31. The summed E-state index contributed by atoms with van der Waals surface area (Å²) >= 11 is 2.75. The molecule has 2 aromatic rings. The van der Waals surface area contributed by atoms with Gasteiger partial charge in [0.25, 0.3) is 5.69 Å². The van der Waals surface area contributed by atoms with Gasteiger partial charge in [-0.2, -0.15) is 4.72 Å². The molecule has 0 unspecified atom stereocenters. The van der Waals surface area contributed by atoms with Crippen LogP contribution in [0.2, 0.25) is 0 Å². The summed E-state index contributed by atoms with van der Waals surface area (Å²) in [4.78, 5) is 20.8. The molecule has 12 heteroatoms. The summed E-state index contributed by atoms with van der Waals surface area (Å²) < 4.78 is 57.3. The average Bonchev–Trinajstić information content (AvgIpc) is 2.57. The Labute approximate surface area is 160 Å². The smallest absolute Gasteiger partial charge is 0.321 e. The van der Waals surface area contributed by atoms with Crippen molar-refractivity contribution in [1.29, 1.82) is 0 Å². The number of benzene rings is 2. The minimum absolute atomic E-state index is 0.135. The first kappa shape index (κ1) is 20.9. The Morgan fingerprint density at radius 3 is 2.41 bits per heavy atom. The number of carbonyl (C=O) groups excluding carboxylic acids is 1. The van der Waals surface area contributed by atoms with Gasteiger partial charge in [0.05, 0.1) is 4.92 Å². The van der Waals surface area contributed by atoms with Crippen molar-refractivity contribution < 1.29 is 31.7 Å². The molecular formula is C15H11BrF2N2O6S. The molecule has 144 valence electrons. The van der Waals surface area contributed by atoms with Crippen LogP contribution in [0.1, 0.15) is 5.56 Å². The van der Waals surface area contributed by atoms with Gasteiger partial charge in [-0.25, -0.2) is 17.2 Å². The van der Waals surface area contributed by atoms with Crippen LogP contribution in [0.5, 0.6) is 0 Å². The van der Waals surface area contributed by atoms with Crippen molar-refractivity contribution in [3.8, 4) is 0 Å². The van der Waals surface area contributed by atoms with Crippen molar-refractivity contribution in [1.82, 2.24) is 4.72 Å². The molecule has 0 aliphatic rings. The molecule has 0 saturated carbocycles. The highest BCUT2D eigenvalue weighted by Crippen LogP contribution is 2.26. The van der Waals surface area contributed by atoms with E-state index in [1.54, 1.807) is 0 Å². The highest BCUT2D eigenvalue weighted by Gasteiger charge is 2.24. The number of sulfonamides is 1. The van der Waals surface area contributed by atoms with E-state index in [4.69, 9.17) is 4.74 Å². The summed E-state index contributed by atoms with van der Waals surface area (Å²) in [6, 6.07) is 6.36. The summed E-state index contributed by atoms with van der Waals surface area (Å²) in [6.07, 6.45) is 0. The minimum Gasteiger partial charge on any atom is -0.460 e. The molecule has 0 heterocycles. The molecule has 2 aromatic carbocycles. The molecule has 0 atom stereocenters. The van der Waals surface area contributed by atoms with Crippen molar-refractivity contribution in [3.63, 3.8) is 0 Å². The lowest BCUT2D eigenvalue weighted by molar-refractivity contribution is -0.384. The number of esters is 1. The Kier molecular flexibility index (Phi) is 6.57. The average molecular weight is 465 g/mol. The topological polar surface area (TPSA) is 116 Å². The number of nitrogens with one attached hydrogen (secondary N) is 1. The Morgan fingerprint density at radius 2 is 1.85 bits per heavy atom. The number of nitrogens with zero attached hydrogens (tertiary/aromatic N) is 1. The van der Waals surface area contributed by atoms with Crippen LogP contribution in [0.15, 0.2) is 45.8 Å². The second kappa shape index (κ2) is 8.50. The van der Waals surface area contributed by atoms with Gasteiger partial charge in [0, 0.05) is 22.7 Å². The number of nitro groups is 1. The third-order valence-electron chi connectivity index (χ3n) is 3.19. The zero-order valence-corrected chi connectivity index (χ0v) is 15.7. The normalized spacial score (nSPS) is 11.2. The zero-order chi connectivity index (χ0) is 20.2. The van der Waals surface area contributed by atoms with E-state index in [-0.39, 0.29) is 16.8 Å². The van der Waals surface area contributed by atoms with E-state index in [0.29, 0.717) is 11.6 Å². The summed E-state index contributed by atoms with van der Waals surface area (Å²) in [6.45, 7) is -1.04. The van der Waals surface area contributed by atoms with Gasteiger partial charge in [-0.1, -0.05) is 0 Å². The molecule has 0 spiro atoms. The first-order valence-electron chi connectivity index (χ1n) is 7.13. The van der Waals surface area contributed by atoms with Gasteiger partial charge in [0.15, 0.2) is 0 Å². The molecular weight excluding hydrogens is 454 g/mol. The highest BCUT2D eigenvalue weighted by atomic mass is 79.9. The van der Waals surface area contributed by atoms with Crippen molar-refractivity contribution >= 4 is 37.6 Å². The van der Waals surface area contributed by atoms with E-state index in [2.05, 4.69) is 15.9 Å². The summed E-state index contributed by atoms with van der Waals surface area (Å²) in [5, 5.41) is 10.5. The second-order valence-electron chi connectivity index (χ2n) is 5.11. The first-order valence-corrected chi connectivity index (χ1v) is 9.41. The molecule has 8 nitrogen and oxygen atoms in total. The van der Waals surface area contributed by atoms with Gasteiger partial charge in [-0.15, -0.1) is 0 Å². The number of ether oxygens (including phenoxy) is 1. The highest BCUT2D eigenvalue weighted by molar-refractivity contribution is 9.10. The number of halogens is 3. The maximum absolute atomic E-state index is 13.7. The number of nitro benzene ring substituents is 1. The summed E-state index contributed by atoms with van der Waals surface area (Å²) in [5.74, 6) is -3.26. The molecule has 0 amide bonds. The SMILES string of the molecule is O=C(CNS(=O)(=O)c1c(F)cc(F)cc1Br)OCc1ccc([N+](=O)[O-])cc1. The van der Waals surface area contributed by atoms with E-state index in [0.717, 1.165) is 6.07 Å². The van der Waals surface area contributed by atoms with Crippen molar-refractivity contribution in [2.75, 3.05) is 6.54 Å². The molecule has 0 bridgehead atoms. The third-order valence-corrected chi connectivity index (χ3v) is 5.55. The van der Waals surface area contributed by atoms with Crippen molar-refractivity contribution in [3.05, 3.63) is 68.2 Å². The predicted octanol–water partition coefficient (Wildman–Crippen LogP) is 2.66. The van der Waals surface area contributed by atoms with Gasteiger partial charge in [0.2, 0.25) is 10.0 Å². The maximum Gasteiger partial charge on any atom is 0.321 e. The van der Waals surface area contributed by atoms with E-state index < -0.39 is 44.0 Å². The van der Waals surface area contributed by atoms with Crippen LogP contribution in [-0.4, -0.2) is 25.9 Å². The van der Waals surface area contributed by atoms with Crippen LogP contribution in [0.3, 0.4) is 0 Å². The van der Waals surface area contributed by atoms with Crippen LogP contribution in [0.4, 0.5) is 14.5 Å². The quantitative estimate of drug-likeness (QED) is 0.382. The fourth-order valence-corrected chi connectivity index (χ4v) is 4.07. The van der Waals surface area contributed by atoms with Crippen molar-refractivity contribution in [2.24, 2.45) is 0 Å². The Bertz CT molecular complexity index is 959. The number of hydrogen-bond donors (Lipinski definition) is 1. The molecule has 2 rings (SSSR count). The number of hydrogen-bond acceptors (Lipinski definition) is 6. The van der Waals surface area contributed by atoms with Crippen LogP contribution < -0.4 is 4.72 Å². The Morgan fingerprint density at radius 1 is 1.22 bits per heavy atom. The van der Waals surface area contributed by atoms with Crippen LogP contribution in [0.25, 0.3) is 0 Å². The monoisotopic (exact) mass is 464 g/mol. The predicted molar refractivity (Wildman–Crippen MR) is 92.1 cm³/mol. The molecule has 27 heavy (non-hydrogen) atoms. The van der Waals surface area contributed by atoms with Crippen LogP contribution >= 0.6 is 15.9 Å². The molecule has 0 fully saturated rings. The Balaban J connectivity index is 1.96. The molecule has 0 aliphatic heterocycles. The van der Waals surface area contributed by atoms with Gasteiger partial charge in [-0.3, -0.25) is 14.9 Å². The van der Waals surface area contributed by atoms with Gasteiger partial charge < -0.3 is 4.74 Å². The van der Waals surface area contributed by atoms with E-state index in [9.17, 15) is 32.1 Å².